The van der Waals surface area contributed by atoms with Gasteiger partial charge in [0, 0.05) is 5.41 Å². The number of carbonyl (C=O) groups excluding carboxylic acids is 3. The summed E-state index contributed by atoms with van der Waals surface area (Å²) in [5.41, 5.74) is -0.182. The highest BCUT2D eigenvalue weighted by Gasteiger charge is 2.30. The molecular weight excluding hydrogens is 264 g/mol. The Hall–Kier alpha value is -2.21. The first-order valence-electron chi connectivity index (χ1n) is 6.02. The lowest BCUT2D eigenvalue weighted by Gasteiger charge is -2.20. The van der Waals surface area contributed by atoms with Crippen molar-refractivity contribution < 1.29 is 29.0 Å². The molecule has 0 spiro atoms. The Morgan fingerprint density at radius 3 is 2.55 bits per heavy atom. The van der Waals surface area contributed by atoms with E-state index in [9.17, 15) is 14.4 Å². The van der Waals surface area contributed by atoms with Crippen molar-refractivity contribution in [3.8, 4) is 0 Å². The van der Waals surface area contributed by atoms with E-state index in [0.717, 1.165) is 0 Å². The van der Waals surface area contributed by atoms with Crippen LogP contribution in [-0.2, 0) is 9.47 Å². The number of aliphatic hydroxyl groups is 1. The third-order valence-electron chi connectivity index (χ3n) is 2.90. The van der Waals surface area contributed by atoms with Crippen molar-refractivity contribution in [3.05, 3.63) is 34.9 Å². The molecule has 0 bridgehead atoms. The second-order valence-corrected chi connectivity index (χ2v) is 5.34. The van der Waals surface area contributed by atoms with Gasteiger partial charge in [0.2, 0.25) is 0 Å². The SMILES string of the molecule is CC(C)(CO)COC(=O)c1ccc2c(c1)C(=O)OC2=O. The molecule has 0 aromatic heterocycles. The van der Waals surface area contributed by atoms with Gasteiger partial charge in [-0.2, -0.15) is 0 Å². The van der Waals surface area contributed by atoms with Crippen LogP contribution in [0.1, 0.15) is 44.9 Å². The van der Waals surface area contributed by atoms with Crippen LogP contribution in [-0.4, -0.2) is 36.2 Å². The van der Waals surface area contributed by atoms with Crippen molar-refractivity contribution in [2.75, 3.05) is 13.2 Å². The zero-order valence-corrected chi connectivity index (χ0v) is 11.1. The molecule has 6 heteroatoms. The van der Waals surface area contributed by atoms with Gasteiger partial charge in [0.1, 0.15) is 0 Å². The minimum absolute atomic E-state index is 0.0444. The van der Waals surface area contributed by atoms with Crippen LogP contribution < -0.4 is 0 Å². The van der Waals surface area contributed by atoms with Gasteiger partial charge < -0.3 is 14.6 Å². The minimum Gasteiger partial charge on any atom is -0.461 e. The molecule has 6 nitrogen and oxygen atoms in total. The van der Waals surface area contributed by atoms with E-state index >= 15 is 0 Å². The molecule has 106 valence electrons. The molecule has 1 aromatic rings. The summed E-state index contributed by atoms with van der Waals surface area (Å²) >= 11 is 0. The quantitative estimate of drug-likeness (QED) is 0.657. The summed E-state index contributed by atoms with van der Waals surface area (Å²) in [4.78, 5) is 34.5. The average molecular weight is 278 g/mol. The Morgan fingerprint density at radius 2 is 1.90 bits per heavy atom. The predicted molar refractivity (Wildman–Crippen MR) is 67.3 cm³/mol. The summed E-state index contributed by atoms with van der Waals surface area (Å²) in [6.45, 7) is 3.42. The molecule has 0 amide bonds. The lowest BCUT2D eigenvalue weighted by atomic mass is 9.96. The fourth-order valence-electron chi connectivity index (χ4n) is 1.60. The maximum absolute atomic E-state index is 11.9. The zero-order valence-electron chi connectivity index (χ0n) is 11.1. The summed E-state index contributed by atoms with van der Waals surface area (Å²) in [5.74, 6) is -2.11. The van der Waals surface area contributed by atoms with Crippen molar-refractivity contribution in [2.45, 2.75) is 13.8 Å². The zero-order chi connectivity index (χ0) is 14.9. The Bertz CT molecular complexity index is 587. The highest BCUT2D eigenvalue weighted by Crippen LogP contribution is 2.22. The third-order valence-corrected chi connectivity index (χ3v) is 2.90. The monoisotopic (exact) mass is 278 g/mol. The van der Waals surface area contributed by atoms with E-state index in [0.29, 0.717) is 0 Å². The number of carbonyl (C=O) groups is 3. The summed E-state index contributed by atoms with van der Waals surface area (Å²) < 4.78 is 9.50. The normalized spacial score (nSPS) is 13.9. The van der Waals surface area contributed by atoms with E-state index in [1.54, 1.807) is 13.8 Å². The third kappa shape index (κ3) is 2.70. The molecule has 1 heterocycles. The molecule has 1 aromatic carbocycles. The van der Waals surface area contributed by atoms with Crippen molar-refractivity contribution in [3.63, 3.8) is 0 Å². The Balaban J connectivity index is 2.15. The molecule has 0 radical (unpaired) electrons. The Labute approximate surface area is 115 Å². The lowest BCUT2D eigenvalue weighted by Crippen LogP contribution is -2.25. The summed E-state index contributed by atoms with van der Waals surface area (Å²) in [7, 11) is 0. The van der Waals surface area contributed by atoms with E-state index in [-0.39, 0.29) is 29.9 Å². The molecule has 2 rings (SSSR count). The fraction of sp³-hybridized carbons (Fsp3) is 0.357. The molecule has 1 N–H and O–H groups in total. The van der Waals surface area contributed by atoms with Crippen molar-refractivity contribution in [1.82, 2.24) is 0 Å². The van der Waals surface area contributed by atoms with Crippen LogP contribution in [0.25, 0.3) is 0 Å². The summed E-state index contributed by atoms with van der Waals surface area (Å²) in [6.07, 6.45) is 0. The summed E-state index contributed by atoms with van der Waals surface area (Å²) in [5, 5.41) is 9.08. The molecule has 0 aliphatic carbocycles. The maximum atomic E-state index is 11.9. The number of cyclic esters (lactones) is 2. The van der Waals surface area contributed by atoms with Crippen LogP contribution in [0.3, 0.4) is 0 Å². The van der Waals surface area contributed by atoms with Crippen molar-refractivity contribution in [2.24, 2.45) is 5.41 Å². The second kappa shape index (κ2) is 5.05. The van der Waals surface area contributed by atoms with Gasteiger partial charge >= 0.3 is 17.9 Å². The molecule has 0 unspecified atom stereocenters. The van der Waals surface area contributed by atoms with Crippen LogP contribution in [0.4, 0.5) is 0 Å². The number of aliphatic hydroxyl groups excluding tert-OH is 1. The molecule has 0 fully saturated rings. The van der Waals surface area contributed by atoms with E-state index in [1.165, 1.54) is 18.2 Å². The van der Waals surface area contributed by atoms with Gasteiger partial charge in [-0.05, 0) is 18.2 Å². The van der Waals surface area contributed by atoms with Gasteiger partial charge in [-0.3, -0.25) is 0 Å². The number of hydrogen-bond donors (Lipinski definition) is 1. The molecular formula is C14H14O6. The summed E-state index contributed by atoms with van der Waals surface area (Å²) in [6, 6.07) is 4.03. The van der Waals surface area contributed by atoms with E-state index in [4.69, 9.17) is 9.84 Å². The smallest absolute Gasteiger partial charge is 0.346 e. The average Bonchev–Trinajstić information content (AvgIpc) is 2.71. The maximum Gasteiger partial charge on any atom is 0.346 e. The van der Waals surface area contributed by atoms with Gasteiger partial charge in [0.15, 0.2) is 0 Å². The van der Waals surface area contributed by atoms with Crippen LogP contribution in [0.5, 0.6) is 0 Å². The number of hydrogen-bond acceptors (Lipinski definition) is 6. The van der Waals surface area contributed by atoms with Gasteiger partial charge in [0.25, 0.3) is 0 Å². The predicted octanol–water partition coefficient (Wildman–Crippen LogP) is 1.17. The first-order chi connectivity index (χ1) is 9.34. The molecule has 20 heavy (non-hydrogen) atoms. The van der Waals surface area contributed by atoms with Crippen LogP contribution in [0.2, 0.25) is 0 Å². The largest absolute Gasteiger partial charge is 0.461 e. The topological polar surface area (TPSA) is 89.9 Å². The van der Waals surface area contributed by atoms with Gasteiger partial charge in [-0.25, -0.2) is 14.4 Å². The molecule has 0 saturated heterocycles. The second-order valence-electron chi connectivity index (χ2n) is 5.34. The van der Waals surface area contributed by atoms with E-state index < -0.39 is 23.3 Å². The standard InChI is InChI=1S/C14H14O6/c1-14(2,6-15)7-19-11(16)8-3-4-9-10(5-8)13(18)20-12(9)17/h3-5,15H,6-7H2,1-2H3. The highest BCUT2D eigenvalue weighted by molar-refractivity contribution is 6.15. The van der Waals surface area contributed by atoms with Gasteiger partial charge in [0.05, 0.1) is 29.9 Å². The highest BCUT2D eigenvalue weighted by atomic mass is 16.6. The molecule has 0 atom stereocenters. The minimum atomic E-state index is -0.768. The lowest BCUT2D eigenvalue weighted by molar-refractivity contribution is 0.0218. The van der Waals surface area contributed by atoms with E-state index in [1.807, 2.05) is 0 Å². The fourth-order valence-corrected chi connectivity index (χ4v) is 1.60. The number of ether oxygens (including phenoxy) is 2. The van der Waals surface area contributed by atoms with Crippen LogP contribution >= 0.6 is 0 Å². The number of fused-ring (bicyclic) bond motifs is 1. The molecule has 1 aliphatic rings. The van der Waals surface area contributed by atoms with Crippen molar-refractivity contribution >= 4 is 17.9 Å². The van der Waals surface area contributed by atoms with Crippen LogP contribution in [0, 0.1) is 5.41 Å². The Morgan fingerprint density at radius 1 is 1.25 bits per heavy atom. The molecule has 0 saturated carbocycles. The first kappa shape index (κ1) is 14.2. The van der Waals surface area contributed by atoms with E-state index in [2.05, 4.69) is 4.74 Å². The number of esters is 3. The number of benzene rings is 1. The van der Waals surface area contributed by atoms with Gasteiger partial charge in [-0.1, -0.05) is 13.8 Å². The van der Waals surface area contributed by atoms with Crippen LogP contribution in [0.15, 0.2) is 18.2 Å². The first-order valence-corrected chi connectivity index (χ1v) is 6.02. The molecule has 1 aliphatic heterocycles. The number of rotatable bonds is 4. The van der Waals surface area contributed by atoms with Gasteiger partial charge in [-0.15, -0.1) is 0 Å². The van der Waals surface area contributed by atoms with Crippen molar-refractivity contribution in [1.29, 1.82) is 0 Å². The Kier molecular flexibility index (Phi) is 3.59.